The average Bonchev–Trinajstić information content (AvgIpc) is 3.23. The van der Waals surface area contributed by atoms with Gasteiger partial charge in [0.1, 0.15) is 5.82 Å². The molecule has 2 amide bonds. The van der Waals surface area contributed by atoms with Crippen LogP contribution in [0, 0.1) is 6.92 Å². The molecule has 0 spiro atoms. The van der Waals surface area contributed by atoms with Gasteiger partial charge in [-0.1, -0.05) is 36.0 Å². The van der Waals surface area contributed by atoms with Crippen LogP contribution in [-0.4, -0.2) is 32.3 Å². The zero-order valence-corrected chi connectivity index (χ0v) is 20.0. The van der Waals surface area contributed by atoms with Crippen molar-refractivity contribution in [2.75, 3.05) is 16.4 Å². The zero-order valence-electron chi connectivity index (χ0n) is 19.2. The molecular formula is C25H23N7O2S. The summed E-state index contributed by atoms with van der Waals surface area (Å²) in [6.45, 7) is 3.29. The molecule has 0 aliphatic heterocycles. The Morgan fingerprint density at radius 3 is 2.29 bits per heavy atom. The van der Waals surface area contributed by atoms with Crippen molar-refractivity contribution in [2.45, 2.75) is 19.0 Å². The Morgan fingerprint density at radius 1 is 0.857 bits per heavy atom. The molecule has 0 fully saturated rings. The number of carbonyl (C=O) groups is 2. The molecule has 1 aromatic heterocycles. The quantitative estimate of drug-likeness (QED) is 0.246. The van der Waals surface area contributed by atoms with E-state index in [4.69, 9.17) is 0 Å². The number of hydrogen-bond donors (Lipinski definition) is 2. The molecule has 0 saturated heterocycles. The van der Waals surface area contributed by atoms with Crippen LogP contribution in [0.2, 0.25) is 0 Å². The molecule has 3 aromatic carbocycles. The Hall–Kier alpha value is -4.31. The number of aryl methyl sites for hydroxylation is 1. The molecule has 1 heterocycles. The first-order valence-corrected chi connectivity index (χ1v) is 11.8. The maximum atomic E-state index is 12.5. The Morgan fingerprint density at radius 2 is 1.57 bits per heavy atom. The summed E-state index contributed by atoms with van der Waals surface area (Å²) in [7, 11) is 0. The SMILES string of the molecule is CC(=O)Nc1cccc(-n2c(C)nnc2SCC(=O)Nc2ccc(N=Nc3ccccc3)cc2)c1. The monoisotopic (exact) mass is 485 g/mol. The first-order chi connectivity index (χ1) is 17.0. The molecule has 176 valence electrons. The van der Waals surface area contributed by atoms with Gasteiger partial charge < -0.3 is 10.6 Å². The zero-order chi connectivity index (χ0) is 24.6. The van der Waals surface area contributed by atoms with Crippen LogP contribution >= 0.6 is 11.8 Å². The molecule has 2 N–H and O–H groups in total. The maximum Gasteiger partial charge on any atom is 0.234 e. The van der Waals surface area contributed by atoms with Crippen LogP contribution < -0.4 is 10.6 Å². The number of nitrogens with zero attached hydrogens (tertiary/aromatic N) is 5. The van der Waals surface area contributed by atoms with Gasteiger partial charge in [0.15, 0.2) is 5.16 Å². The summed E-state index contributed by atoms with van der Waals surface area (Å²) >= 11 is 1.28. The molecule has 4 aromatic rings. The molecule has 0 saturated carbocycles. The van der Waals surface area contributed by atoms with Gasteiger partial charge in [0.2, 0.25) is 11.8 Å². The van der Waals surface area contributed by atoms with Crippen molar-refractivity contribution in [3.8, 4) is 5.69 Å². The number of aromatic nitrogens is 3. The van der Waals surface area contributed by atoms with Crippen molar-refractivity contribution in [2.24, 2.45) is 10.2 Å². The summed E-state index contributed by atoms with van der Waals surface area (Å²) in [6.07, 6.45) is 0. The number of benzene rings is 3. The van der Waals surface area contributed by atoms with Gasteiger partial charge in [-0.15, -0.1) is 10.2 Å². The predicted octanol–water partition coefficient (Wildman–Crippen LogP) is 5.68. The highest BCUT2D eigenvalue weighted by Gasteiger charge is 2.14. The fourth-order valence-electron chi connectivity index (χ4n) is 3.21. The Labute approximate surface area is 206 Å². The molecule has 35 heavy (non-hydrogen) atoms. The molecule has 0 bridgehead atoms. The highest BCUT2D eigenvalue weighted by molar-refractivity contribution is 7.99. The number of carbonyl (C=O) groups excluding carboxylic acids is 2. The number of azo groups is 1. The van der Waals surface area contributed by atoms with Gasteiger partial charge in [0.25, 0.3) is 0 Å². The summed E-state index contributed by atoms with van der Waals surface area (Å²) in [5, 5.41) is 23.0. The topological polar surface area (TPSA) is 114 Å². The number of hydrogen-bond acceptors (Lipinski definition) is 7. The van der Waals surface area contributed by atoms with Crippen molar-refractivity contribution in [1.82, 2.24) is 14.8 Å². The van der Waals surface area contributed by atoms with Crippen LogP contribution in [0.4, 0.5) is 22.7 Å². The smallest absolute Gasteiger partial charge is 0.234 e. The van der Waals surface area contributed by atoms with Gasteiger partial charge in [0.05, 0.1) is 22.8 Å². The van der Waals surface area contributed by atoms with E-state index in [9.17, 15) is 9.59 Å². The average molecular weight is 486 g/mol. The fraction of sp³-hybridized carbons (Fsp3) is 0.120. The summed E-state index contributed by atoms with van der Waals surface area (Å²) in [4.78, 5) is 23.9. The van der Waals surface area contributed by atoms with Crippen LogP contribution in [0.1, 0.15) is 12.7 Å². The van der Waals surface area contributed by atoms with Crippen molar-refractivity contribution in [1.29, 1.82) is 0 Å². The lowest BCUT2D eigenvalue weighted by molar-refractivity contribution is -0.114. The maximum absolute atomic E-state index is 12.5. The van der Waals surface area contributed by atoms with Gasteiger partial charge >= 0.3 is 0 Å². The summed E-state index contributed by atoms with van der Waals surface area (Å²) in [6, 6.07) is 24.0. The first kappa shape index (κ1) is 23.8. The lowest BCUT2D eigenvalue weighted by atomic mass is 10.2. The van der Waals surface area contributed by atoms with Crippen LogP contribution in [-0.2, 0) is 9.59 Å². The van der Waals surface area contributed by atoms with Crippen LogP contribution in [0.15, 0.2) is 94.2 Å². The van der Waals surface area contributed by atoms with Gasteiger partial charge in [-0.3, -0.25) is 14.2 Å². The van der Waals surface area contributed by atoms with E-state index in [1.54, 1.807) is 30.3 Å². The first-order valence-electron chi connectivity index (χ1n) is 10.8. The van der Waals surface area contributed by atoms with Crippen molar-refractivity contribution in [3.05, 3.63) is 84.7 Å². The van der Waals surface area contributed by atoms with Gasteiger partial charge in [-0.05, 0) is 61.5 Å². The molecule has 0 radical (unpaired) electrons. The predicted molar refractivity (Wildman–Crippen MR) is 137 cm³/mol. The number of amides is 2. The minimum atomic E-state index is -0.173. The minimum Gasteiger partial charge on any atom is -0.326 e. The second kappa shape index (κ2) is 11.2. The molecule has 0 aliphatic rings. The lowest BCUT2D eigenvalue weighted by Gasteiger charge is -2.10. The third kappa shape index (κ3) is 6.61. The number of anilines is 2. The minimum absolute atomic E-state index is 0.152. The van der Waals surface area contributed by atoms with E-state index in [-0.39, 0.29) is 17.6 Å². The molecule has 0 atom stereocenters. The van der Waals surface area contributed by atoms with Crippen molar-refractivity contribution >= 4 is 46.3 Å². The number of thioether (sulfide) groups is 1. The number of rotatable bonds is 8. The van der Waals surface area contributed by atoms with Crippen LogP contribution in [0.5, 0.6) is 0 Å². The molecule has 4 rings (SSSR count). The molecular weight excluding hydrogens is 462 g/mol. The van der Waals surface area contributed by atoms with E-state index >= 15 is 0 Å². The highest BCUT2D eigenvalue weighted by Crippen LogP contribution is 2.24. The van der Waals surface area contributed by atoms with Crippen molar-refractivity contribution in [3.63, 3.8) is 0 Å². The van der Waals surface area contributed by atoms with Gasteiger partial charge in [-0.25, -0.2) is 0 Å². The van der Waals surface area contributed by atoms with E-state index in [1.807, 2.05) is 60.0 Å². The number of nitrogens with one attached hydrogen (secondary N) is 2. The highest BCUT2D eigenvalue weighted by atomic mass is 32.2. The van der Waals surface area contributed by atoms with E-state index in [2.05, 4.69) is 31.1 Å². The van der Waals surface area contributed by atoms with E-state index in [1.165, 1.54) is 18.7 Å². The van der Waals surface area contributed by atoms with Crippen LogP contribution in [0.25, 0.3) is 5.69 Å². The second-order valence-corrected chi connectivity index (χ2v) is 8.46. The lowest BCUT2D eigenvalue weighted by Crippen LogP contribution is -2.14. The van der Waals surface area contributed by atoms with Crippen LogP contribution in [0.3, 0.4) is 0 Å². The summed E-state index contributed by atoms with van der Waals surface area (Å²) in [5.41, 5.74) is 3.58. The summed E-state index contributed by atoms with van der Waals surface area (Å²) < 4.78 is 1.84. The van der Waals surface area contributed by atoms with Crippen molar-refractivity contribution < 1.29 is 9.59 Å². The normalized spacial score (nSPS) is 10.9. The molecule has 0 aliphatic carbocycles. The third-order valence-electron chi connectivity index (χ3n) is 4.74. The Bertz CT molecular complexity index is 1350. The van der Waals surface area contributed by atoms with E-state index in [0.717, 1.165) is 11.4 Å². The molecule has 9 nitrogen and oxygen atoms in total. The largest absolute Gasteiger partial charge is 0.326 e. The van der Waals surface area contributed by atoms with Gasteiger partial charge in [-0.2, -0.15) is 10.2 Å². The molecule has 0 unspecified atom stereocenters. The van der Waals surface area contributed by atoms with Gasteiger partial charge in [0, 0.05) is 18.3 Å². The summed E-state index contributed by atoms with van der Waals surface area (Å²) in [5.74, 6) is 0.501. The Kier molecular flexibility index (Phi) is 7.63. The van der Waals surface area contributed by atoms with E-state index in [0.29, 0.717) is 28.0 Å². The van der Waals surface area contributed by atoms with E-state index < -0.39 is 0 Å². The fourth-order valence-corrected chi connectivity index (χ4v) is 4.01. The third-order valence-corrected chi connectivity index (χ3v) is 5.67. The second-order valence-electron chi connectivity index (χ2n) is 7.52. The Balaban J connectivity index is 1.36. The molecule has 10 heteroatoms. The standard InChI is InChI=1S/C25H23N7O2S/c1-17-28-31-25(32(17)23-10-6-9-22(15-23)26-18(2)33)35-16-24(34)27-19-11-13-21(14-12-19)30-29-20-7-4-3-5-8-20/h3-15H,16H2,1-2H3,(H,26,33)(H,27,34).